The van der Waals surface area contributed by atoms with Crippen LogP contribution in [-0.4, -0.2) is 16.8 Å². The van der Waals surface area contributed by atoms with Gasteiger partial charge in [-0.25, -0.2) is 0 Å². The number of rotatable bonds is 3. The summed E-state index contributed by atoms with van der Waals surface area (Å²) in [6.07, 6.45) is 6.41. The van der Waals surface area contributed by atoms with Crippen LogP contribution in [0.2, 0.25) is 5.02 Å². The highest BCUT2D eigenvalue weighted by Gasteiger charge is 2.68. The molecule has 2 saturated carbocycles. The fourth-order valence-corrected chi connectivity index (χ4v) is 4.36. The van der Waals surface area contributed by atoms with Gasteiger partial charge in [0.15, 0.2) is 0 Å². The number of halogens is 1. The van der Waals surface area contributed by atoms with Crippen LogP contribution in [0.4, 0.5) is 11.4 Å². The maximum absolute atomic E-state index is 12.5. The highest BCUT2D eigenvalue weighted by Crippen LogP contribution is 2.67. The van der Waals surface area contributed by atoms with Gasteiger partial charge in [-0.05, 0) is 54.9 Å². The van der Waals surface area contributed by atoms with E-state index < -0.39 is 0 Å². The van der Waals surface area contributed by atoms with E-state index in [0.29, 0.717) is 28.1 Å². The van der Waals surface area contributed by atoms with Gasteiger partial charge in [0.1, 0.15) is 0 Å². The molecule has 5 nitrogen and oxygen atoms in total. The van der Waals surface area contributed by atoms with Crippen LogP contribution in [0, 0.1) is 11.8 Å². The van der Waals surface area contributed by atoms with Crippen LogP contribution in [0.5, 0.6) is 0 Å². The zero-order chi connectivity index (χ0) is 17.2. The molecule has 25 heavy (non-hydrogen) atoms. The van der Waals surface area contributed by atoms with E-state index in [2.05, 4.69) is 15.6 Å². The lowest BCUT2D eigenvalue weighted by Crippen LogP contribution is -2.21. The van der Waals surface area contributed by atoms with Gasteiger partial charge < -0.3 is 10.6 Å². The Morgan fingerprint density at radius 1 is 1.32 bits per heavy atom. The Labute approximate surface area is 149 Å². The van der Waals surface area contributed by atoms with Gasteiger partial charge in [-0.1, -0.05) is 17.7 Å². The third kappa shape index (κ3) is 2.19. The van der Waals surface area contributed by atoms with Crippen LogP contribution < -0.4 is 10.6 Å². The minimum Gasteiger partial charge on any atom is -0.325 e. The van der Waals surface area contributed by atoms with Crippen LogP contribution in [0.3, 0.4) is 0 Å². The number of aromatic nitrogens is 1. The molecule has 1 spiro atoms. The van der Waals surface area contributed by atoms with E-state index in [9.17, 15) is 9.59 Å². The molecule has 6 heteroatoms. The van der Waals surface area contributed by atoms with E-state index in [1.165, 1.54) is 25.2 Å². The number of nitrogens with one attached hydrogen (secondary N) is 2. The Bertz CT molecular complexity index is 925. The summed E-state index contributed by atoms with van der Waals surface area (Å²) in [5, 5.41) is 6.14. The number of nitrogens with zero attached hydrogens (tertiary/aromatic N) is 1. The molecule has 2 heterocycles. The van der Waals surface area contributed by atoms with E-state index in [1.807, 2.05) is 18.2 Å². The molecule has 2 N–H and O–H groups in total. The smallest absolute Gasteiger partial charge is 0.257 e. The lowest BCUT2D eigenvalue weighted by atomic mass is 9.93. The van der Waals surface area contributed by atoms with Crippen molar-refractivity contribution in [3.63, 3.8) is 0 Å². The summed E-state index contributed by atoms with van der Waals surface area (Å²) in [6, 6.07) is 7.24. The first kappa shape index (κ1) is 14.9. The number of hydrogen-bond acceptors (Lipinski definition) is 3. The quantitative estimate of drug-likeness (QED) is 0.885. The Hall–Kier alpha value is -2.40. The van der Waals surface area contributed by atoms with E-state index in [1.54, 1.807) is 6.07 Å². The highest BCUT2D eigenvalue weighted by molar-refractivity contribution is 6.34. The molecule has 0 bridgehead atoms. The predicted octanol–water partition coefficient (Wildman–Crippen LogP) is 3.61. The second-order valence-corrected chi connectivity index (χ2v) is 7.55. The lowest BCUT2D eigenvalue weighted by Gasteiger charge is -2.10. The molecule has 126 valence electrons. The Morgan fingerprint density at radius 3 is 2.92 bits per heavy atom. The number of carbonyl (C=O) groups excluding carboxylic acids is 2. The number of fused-ring (bicyclic) bond motifs is 2. The standard InChI is InChI=1S/C19H16ClN3O2/c20-15-9-21-6-5-12(15)17(24)22-11-3-4-13-16(7-11)23-18(25)19(13)8-14(19)10-1-2-10/h3-7,9-10,14H,1-2,8H2,(H,22,24)(H,23,25)/t14?,19-/m0/s1. The van der Waals surface area contributed by atoms with Gasteiger partial charge in [-0.3, -0.25) is 14.6 Å². The summed E-state index contributed by atoms with van der Waals surface area (Å²) in [5.74, 6) is 1.02. The fraction of sp³-hybridized carbons (Fsp3) is 0.316. The number of carbonyl (C=O) groups is 2. The van der Waals surface area contributed by atoms with Crippen LogP contribution in [0.1, 0.15) is 35.2 Å². The average molecular weight is 354 g/mol. The normalized spacial score (nSPS) is 26.3. The van der Waals surface area contributed by atoms with Crippen molar-refractivity contribution in [3.8, 4) is 0 Å². The second-order valence-electron chi connectivity index (χ2n) is 7.14. The molecular weight excluding hydrogens is 338 g/mol. The van der Waals surface area contributed by atoms with E-state index >= 15 is 0 Å². The fourth-order valence-electron chi connectivity index (χ4n) is 4.15. The number of amides is 2. The molecule has 2 aromatic rings. The molecule has 1 aromatic carbocycles. The van der Waals surface area contributed by atoms with E-state index in [0.717, 1.165) is 17.7 Å². The maximum atomic E-state index is 12.5. The van der Waals surface area contributed by atoms with Crippen molar-refractivity contribution in [2.75, 3.05) is 10.6 Å². The van der Waals surface area contributed by atoms with Crippen molar-refractivity contribution in [1.29, 1.82) is 0 Å². The summed E-state index contributed by atoms with van der Waals surface area (Å²) >= 11 is 6.02. The number of hydrogen-bond donors (Lipinski definition) is 2. The minimum absolute atomic E-state index is 0.111. The molecule has 1 unspecified atom stereocenters. The van der Waals surface area contributed by atoms with Crippen molar-refractivity contribution >= 4 is 34.8 Å². The summed E-state index contributed by atoms with van der Waals surface area (Å²) in [6.45, 7) is 0. The molecular formula is C19H16ClN3O2. The van der Waals surface area contributed by atoms with Gasteiger partial charge in [-0.2, -0.15) is 0 Å². The van der Waals surface area contributed by atoms with Crippen molar-refractivity contribution in [3.05, 3.63) is 52.8 Å². The SMILES string of the molecule is O=C(Nc1ccc2c(c1)NC(=O)[C@@]21CC1C1CC1)c1ccncc1Cl. The van der Waals surface area contributed by atoms with Gasteiger partial charge in [-0.15, -0.1) is 0 Å². The highest BCUT2D eigenvalue weighted by atomic mass is 35.5. The van der Waals surface area contributed by atoms with Gasteiger partial charge >= 0.3 is 0 Å². The summed E-state index contributed by atoms with van der Waals surface area (Å²) in [4.78, 5) is 28.8. The molecule has 2 fully saturated rings. The summed E-state index contributed by atoms with van der Waals surface area (Å²) in [7, 11) is 0. The molecule has 2 amide bonds. The summed E-state index contributed by atoms with van der Waals surface area (Å²) in [5.41, 5.74) is 2.58. The molecule has 3 aliphatic rings. The Balaban J connectivity index is 1.41. The van der Waals surface area contributed by atoms with Crippen LogP contribution in [0.25, 0.3) is 0 Å². The average Bonchev–Trinajstić information content (AvgIpc) is 3.47. The molecule has 5 rings (SSSR count). The first-order chi connectivity index (χ1) is 12.1. The molecule has 1 aliphatic heterocycles. The van der Waals surface area contributed by atoms with Crippen LogP contribution in [0.15, 0.2) is 36.7 Å². The van der Waals surface area contributed by atoms with Gasteiger partial charge in [0.2, 0.25) is 5.91 Å². The van der Waals surface area contributed by atoms with Crippen molar-refractivity contribution in [1.82, 2.24) is 4.98 Å². The van der Waals surface area contributed by atoms with Crippen molar-refractivity contribution < 1.29 is 9.59 Å². The predicted molar refractivity (Wildman–Crippen MR) is 94.8 cm³/mol. The summed E-state index contributed by atoms with van der Waals surface area (Å²) < 4.78 is 0. The number of benzene rings is 1. The van der Waals surface area contributed by atoms with Crippen LogP contribution in [-0.2, 0) is 10.2 Å². The van der Waals surface area contributed by atoms with Gasteiger partial charge in [0, 0.05) is 23.8 Å². The zero-order valence-corrected chi connectivity index (χ0v) is 14.1. The largest absolute Gasteiger partial charge is 0.325 e. The van der Waals surface area contributed by atoms with Crippen molar-refractivity contribution in [2.24, 2.45) is 11.8 Å². The minimum atomic E-state index is -0.312. The molecule has 1 aromatic heterocycles. The third-order valence-corrected chi connectivity index (χ3v) is 5.94. The van der Waals surface area contributed by atoms with Gasteiger partial charge in [0.25, 0.3) is 5.91 Å². The maximum Gasteiger partial charge on any atom is 0.257 e. The monoisotopic (exact) mass is 353 g/mol. The molecule has 0 radical (unpaired) electrons. The number of pyridine rings is 1. The Kier molecular flexibility index (Phi) is 3.01. The molecule has 2 aliphatic carbocycles. The van der Waals surface area contributed by atoms with Gasteiger partial charge in [0.05, 0.1) is 16.0 Å². The molecule has 0 saturated heterocycles. The Morgan fingerprint density at radius 2 is 2.16 bits per heavy atom. The lowest BCUT2D eigenvalue weighted by molar-refractivity contribution is -0.118. The third-order valence-electron chi connectivity index (χ3n) is 5.63. The zero-order valence-electron chi connectivity index (χ0n) is 13.4. The van der Waals surface area contributed by atoms with Crippen LogP contribution >= 0.6 is 11.6 Å². The topological polar surface area (TPSA) is 71.1 Å². The van der Waals surface area contributed by atoms with E-state index in [-0.39, 0.29) is 17.2 Å². The second kappa shape index (κ2) is 5.05. The van der Waals surface area contributed by atoms with E-state index in [4.69, 9.17) is 11.6 Å². The number of anilines is 2. The van der Waals surface area contributed by atoms with Crippen molar-refractivity contribution in [2.45, 2.75) is 24.7 Å². The first-order valence-electron chi connectivity index (χ1n) is 8.46. The first-order valence-corrected chi connectivity index (χ1v) is 8.84. The molecule has 2 atom stereocenters.